The summed E-state index contributed by atoms with van der Waals surface area (Å²) in [7, 11) is -1.84. The Hall–Kier alpha value is -2.38. The summed E-state index contributed by atoms with van der Waals surface area (Å²) in [5.41, 5.74) is 1.56. The van der Waals surface area contributed by atoms with Gasteiger partial charge < -0.3 is 9.64 Å². The zero-order chi connectivity index (χ0) is 20.4. The average Bonchev–Trinajstić information content (AvgIpc) is 3.43. The highest BCUT2D eigenvalue weighted by Crippen LogP contribution is 2.30. The molecule has 1 aliphatic heterocycles. The fourth-order valence-corrected chi connectivity index (χ4v) is 5.21. The van der Waals surface area contributed by atoms with Crippen molar-refractivity contribution in [1.29, 1.82) is 0 Å². The van der Waals surface area contributed by atoms with E-state index in [1.165, 1.54) is 4.31 Å². The molecule has 0 radical (unpaired) electrons. The molecule has 154 valence electrons. The molecule has 1 saturated carbocycles. The smallest absolute Gasteiger partial charge is 0.254 e. The lowest BCUT2D eigenvalue weighted by Gasteiger charge is -2.23. The van der Waals surface area contributed by atoms with Gasteiger partial charge in [-0.15, -0.1) is 0 Å². The Labute approximate surface area is 172 Å². The molecule has 7 heteroatoms. The first-order chi connectivity index (χ1) is 14.0. The second kappa shape index (κ2) is 8.16. The van der Waals surface area contributed by atoms with Gasteiger partial charge in [0.15, 0.2) is 0 Å². The molecule has 2 aromatic rings. The van der Waals surface area contributed by atoms with Crippen LogP contribution in [0.4, 0.5) is 0 Å². The van der Waals surface area contributed by atoms with E-state index < -0.39 is 10.0 Å². The molecule has 1 aliphatic carbocycles. The highest BCUT2D eigenvalue weighted by atomic mass is 32.2. The number of carbonyl (C=O) groups is 1. The van der Waals surface area contributed by atoms with Crippen LogP contribution in [0, 0.1) is 0 Å². The topological polar surface area (TPSA) is 66.9 Å². The first-order valence-corrected chi connectivity index (χ1v) is 11.5. The molecule has 4 rings (SSSR count). The Kier molecular flexibility index (Phi) is 5.61. The molecule has 0 N–H and O–H groups in total. The minimum absolute atomic E-state index is 0.0616. The zero-order valence-electron chi connectivity index (χ0n) is 16.6. The number of sulfonamides is 1. The summed E-state index contributed by atoms with van der Waals surface area (Å²) in [6.07, 6.45) is 3.81. The van der Waals surface area contributed by atoms with Gasteiger partial charge in [0.1, 0.15) is 5.75 Å². The van der Waals surface area contributed by atoms with E-state index in [4.69, 9.17) is 4.74 Å². The molecule has 1 heterocycles. The molecular formula is C22H26N2O4S. The van der Waals surface area contributed by atoms with Gasteiger partial charge in [-0.3, -0.25) is 4.79 Å². The Morgan fingerprint density at radius 3 is 2.21 bits per heavy atom. The number of amides is 1. The molecule has 0 aromatic heterocycles. The third kappa shape index (κ3) is 4.31. The molecule has 1 amide bonds. The maximum absolute atomic E-state index is 13.1. The second-order valence-corrected chi connectivity index (χ2v) is 9.59. The van der Waals surface area contributed by atoms with Crippen LogP contribution >= 0.6 is 0 Å². The zero-order valence-corrected chi connectivity index (χ0v) is 17.4. The molecule has 1 saturated heterocycles. The van der Waals surface area contributed by atoms with E-state index >= 15 is 0 Å². The van der Waals surface area contributed by atoms with Crippen molar-refractivity contribution in [1.82, 2.24) is 9.21 Å². The van der Waals surface area contributed by atoms with Crippen LogP contribution in [0.2, 0.25) is 0 Å². The van der Waals surface area contributed by atoms with Crippen LogP contribution in [-0.4, -0.2) is 49.8 Å². The SMILES string of the molecule is COc1ccc(CN(C(=O)c2ccc(S(=O)(=O)N3CCCC3)cc2)C2CC2)cc1. The van der Waals surface area contributed by atoms with Crippen LogP contribution < -0.4 is 4.74 Å². The van der Waals surface area contributed by atoms with Crippen molar-refractivity contribution in [2.24, 2.45) is 0 Å². The third-order valence-electron chi connectivity index (χ3n) is 5.56. The highest BCUT2D eigenvalue weighted by Gasteiger charge is 2.33. The monoisotopic (exact) mass is 414 g/mol. The fraction of sp³-hybridized carbons (Fsp3) is 0.409. The first kappa shape index (κ1) is 19.9. The maximum atomic E-state index is 13.1. The molecule has 2 aromatic carbocycles. The van der Waals surface area contributed by atoms with E-state index in [0.29, 0.717) is 25.2 Å². The van der Waals surface area contributed by atoms with E-state index in [9.17, 15) is 13.2 Å². The van der Waals surface area contributed by atoms with Crippen LogP contribution in [0.5, 0.6) is 5.75 Å². The van der Waals surface area contributed by atoms with E-state index in [0.717, 1.165) is 37.0 Å². The molecule has 0 atom stereocenters. The second-order valence-electron chi connectivity index (χ2n) is 7.65. The molecule has 0 spiro atoms. The van der Waals surface area contributed by atoms with Crippen molar-refractivity contribution in [2.45, 2.75) is 43.2 Å². The van der Waals surface area contributed by atoms with Gasteiger partial charge in [-0.1, -0.05) is 12.1 Å². The standard InChI is InChI=1S/C22H26N2O4S/c1-28-20-10-4-17(5-11-20)16-24(19-8-9-19)22(25)18-6-12-21(13-7-18)29(26,27)23-14-2-3-15-23/h4-7,10-13,19H,2-3,8-9,14-16H2,1H3. The third-order valence-corrected chi connectivity index (χ3v) is 7.48. The van der Waals surface area contributed by atoms with Crippen LogP contribution in [0.15, 0.2) is 53.4 Å². The summed E-state index contributed by atoms with van der Waals surface area (Å²) in [4.78, 5) is 15.2. The molecule has 6 nitrogen and oxygen atoms in total. The van der Waals surface area contributed by atoms with Crippen molar-refractivity contribution >= 4 is 15.9 Å². The normalized spacial score (nSPS) is 17.3. The van der Waals surface area contributed by atoms with Crippen LogP contribution in [0.25, 0.3) is 0 Å². The first-order valence-electron chi connectivity index (χ1n) is 10.0. The van der Waals surface area contributed by atoms with E-state index in [-0.39, 0.29) is 16.8 Å². The van der Waals surface area contributed by atoms with Crippen molar-refractivity contribution in [3.8, 4) is 5.75 Å². The summed E-state index contributed by atoms with van der Waals surface area (Å²) < 4.78 is 32.1. The molecule has 2 fully saturated rings. The van der Waals surface area contributed by atoms with Crippen molar-refractivity contribution < 1.29 is 17.9 Å². The van der Waals surface area contributed by atoms with Crippen LogP contribution in [-0.2, 0) is 16.6 Å². The van der Waals surface area contributed by atoms with Crippen LogP contribution in [0.3, 0.4) is 0 Å². The molecule has 2 aliphatic rings. The fourth-order valence-electron chi connectivity index (χ4n) is 3.69. The highest BCUT2D eigenvalue weighted by molar-refractivity contribution is 7.89. The number of methoxy groups -OCH3 is 1. The number of hydrogen-bond donors (Lipinski definition) is 0. The number of ether oxygens (including phenoxy) is 1. The summed E-state index contributed by atoms with van der Waals surface area (Å²) in [5.74, 6) is 0.723. The summed E-state index contributed by atoms with van der Waals surface area (Å²) in [5, 5.41) is 0. The number of nitrogens with zero attached hydrogens (tertiary/aromatic N) is 2. The predicted octanol–water partition coefficient (Wildman–Crippen LogP) is 3.28. The van der Waals surface area contributed by atoms with Gasteiger partial charge in [0, 0.05) is 31.2 Å². The van der Waals surface area contributed by atoms with Gasteiger partial charge >= 0.3 is 0 Å². The minimum atomic E-state index is -3.46. The van der Waals surface area contributed by atoms with Gasteiger partial charge in [0.05, 0.1) is 12.0 Å². The van der Waals surface area contributed by atoms with Gasteiger partial charge in [0.2, 0.25) is 10.0 Å². The minimum Gasteiger partial charge on any atom is -0.497 e. The van der Waals surface area contributed by atoms with Crippen LogP contribution in [0.1, 0.15) is 41.6 Å². The summed E-state index contributed by atoms with van der Waals surface area (Å²) in [6.45, 7) is 1.67. The van der Waals surface area contributed by atoms with Gasteiger partial charge in [0.25, 0.3) is 5.91 Å². The summed E-state index contributed by atoms with van der Waals surface area (Å²) in [6, 6.07) is 14.3. The molecule has 0 unspecified atom stereocenters. The maximum Gasteiger partial charge on any atom is 0.254 e. The Bertz CT molecular complexity index is 961. The quantitative estimate of drug-likeness (QED) is 0.697. The number of benzene rings is 2. The molecule has 0 bridgehead atoms. The lowest BCUT2D eigenvalue weighted by atomic mass is 10.1. The lowest BCUT2D eigenvalue weighted by Crippen LogP contribution is -2.32. The van der Waals surface area contributed by atoms with E-state index in [1.54, 1.807) is 31.4 Å². The Balaban J connectivity index is 1.50. The van der Waals surface area contributed by atoms with Crippen molar-refractivity contribution in [3.05, 3.63) is 59.7 Å². The van der Waals surface area contributed by atoms with E-state index in [1.807, 2.05) is 29.2 Å². The average molecular weight is 415 g/mol. The van der Waals surface area contributed by atoms with Crippen molar-refractivity contribution in [2.75, 3.05) is 20.2 Å². The Morgan fingerprint density at radius 1 is 1.03 bits per heavy atom. The van der Waals surface area contributed by atoms with Crippen molar-refractivity contribution in [3.63, 3.8) is 0 Å². The van der Waals surface area contributed by atoms with Gasteiger partial charge in [-0.25, -0.2) is 8.42 Å². The Morgan fingerprint density at radius 2 is 1.66 bits per heavy atom. The molecular weight excluding hydrogens is 388 g/mol. The number of carbonyl (C=O) groups excluding carboxylic acids is 1. The lowest BCUT2D eigenvalue weighted by molar-refractivity contribution is 0.0730. The van der Waals surface area contributed by atoms with Gasteiger partial charge in [-0.2, -0.15) is 4.31 Å². The molecule has 29 heavy (non-hydrogen) atoms. The number of rotatable bonds is 7. The van der Waals surface area contributed by atoms with Gasteiger partial charge in [-0.05, 0) is 67.6 Å². The predicted molar refractivity (Wildman–Crippen MR) is 110 cm³/mol. The summed E-state index contributed by atoms with van der Waals surface area (Å²) >= 11 is 0. The number of hydrogen-bond acceptors (Lipinski definition) is 4. The van der Waals surface area contributed by atoms with E-state index in [2.05, 4.69) is 0 Å². The largest absolute Gasteiger partial charge is 0.497 e.